The van der Waals surface area contributed by atoms with Crippen molar-refractivity contribution < 1.29 is 9.26 Å². The van der Waals surface area contributed by atoms with Crippen LogP contribution < -0.4 is 5.32 Å². The van der Waals surface area contributed by atoms with E-state index in [0.717, 1.165) is 38.5 Å². The van der Waals surface area contributed by atoms with Gasteiger partial charge in [0.05, 0.1) is 13.2 Å². The summed E-state index contributed by atoms with van der Waals surface area (Å²) < 4.78 is 10.2. The maximum absolute atomic E-state index is 5.23. The van der Waals surface area contributed by atoms with Gasteiger partial charge in [-0.25, -0.2) is 0 Å². The molecule has 2 rings (SSSR count). The van der Waals surface area contributed by atoms with E-state index in [1.807, 2.05) is 0 Å². The van der Waals surface area contributed by atoms with Gasteiger partial charge in [0.2, 0.25) is 5.89 Å². The monoisotopic (exact) mass is 240 g/mol. The molecular formula is C11H20N4O2. The van der Waals surface area contributed by atoms with Gasteiger partial charge in [-0.15, -0.1) is 0 Å². The largest absolute Gasteiger partial charge is 0.384 e. The molecule has 96 valence electrons. The standard InChI is InChI=1S/C11H20N4O2/c1-16-8-3-10-13-11(17-14-10)9-15-6-2-4-12-5-7-15/h12H,2-9H2,1H3. The Labute approximate surface area is 101 Å². The number of aromatic nitrogens is 2. The predicted octanol–water partition coefficient (Wildman–Crippen LogP) is 0.0538. The van der Waals surface area contributed by atoms with Crippen molar-refractivity contribution in [1.82, 2.24) is 20.4 Å². The Morgan fingerprint density at radius 2 is 2.35 bits per heavy atom. The average molecular weight is 240 g/mol. The fourth-order valence-corrected chi connectivity index (χ4v) is 1.90. The lowest BCUT2D eigenvalue weighted by Crippen LogP contribution is -2.27. The van der Waals surface area contributed by atoms with Gasteiger partial charge in [-0.2, -0.15) is 4.98 Å². The lowest BCUT2D eigenvalue weighted by atomic mass is 10.4. The van der Waals surface area contributed by atoms with Gasteiger partial charge in [0.25, 0.3) is 0 Å². The molecule has 1 fully saturated rings. The molecule has 6 nitrogen and oxygen atoms in total. The van der Waals surface area contributed by atoms with Crippen LogP contribution in [-0.2, 0) is 17.7 Å². The number of methoxy groups -OCH3 is 1. The number of rotatable bonds is 5. The van der Waals surface area contributed by atoms with Crippen LogP contribution in [0.25, 0.3) is 0 Å². The molecule has 0 bridgehead atoms. The topological polar surface area (TPSA) is 63.4 Å². The third-order valence-corrected chi connectivity index (χ3v) is 2.83. The molecule has 1 saturated heterocycles. The van der Waals surface area contributed by atoms with Crippen LogP contribution in [0, 0.1) is 0 Å². The molecule has 1 aromatic rings. The van der Waals surface area contributed by atoms with Gasteiger partial charge in [-0.3, -0.25) is 4.90 Å². The van der Waals surface area contributed by atoms with Crippen molar-refractivity contribution >= 4 is 0 Å². The first-order valence-electron chi connectivity index (χ1n) is 6.12. The first kappa shape index (κ1) is 12.5. The molecule has 0 amide bonds. The molecule has 1 N–H and O–H groups in total. The Kier molecular flexibility index (Phi) is 4.90. The van der Waals surface area contributed by atoms with Crippen LogP contribution in [0.5, 0.6) is 0 Å². The van der Waals surface area contributed by atoms with Gasteiger partial charge in [0.15, 0.2) is 5.82 Å². The Morgan fingerprint density at radius 1 is 1.41 bits per heavy atom. The van der Waals surface area contributed by atoms with Gasteiger partial charge >= 0.3 is 0 Å². The minimum absolute atomic E-state index is 0.632. The lowest BCUT2D eigenvalue weighted by Gasteiger charge is -2.16. The Bertz CT molecular complexity index is 321. The summed E-state index contributed by atoms with van der Waals surface area (Å²) in [6.45, 7) is 5.64. The van der Waals surface area contributed by atoms with E-state index in [2.05, 4.69) is 20.4 Å². The van der Waals surface area contributed by atoms with Gasteiger partial charge < -0.3 is 14.6 Å². The molecule has 1 aromatic heterocycles. The molecule has 1 aliphatic heterocycles. The molecule has 0 aliphatic carbocycles. The number of nitrogens with one attached hydrogen (secondary N) is 1. The highest BCUT2D eigenvalue weighted by molar-refractivity contribution is 4.87. The summed E-state index contributed by atoms with van der Waals surface area (Å²) in [7, 11) is 1.67. The highest BCUT2D eigenvalue weighted by Gasteiger charge is 2.13. The van der Waals surface area contributed by atoms with Gasteiger partial charge in [-0.1, -0.05) is 5.16 Å². The van der Waals surface area contributed by atoms with Crippen LogP contribution in [-0.4, -0.2) is 54.9 Å². The van der Waals surface area contributed by atoms with Crippen molar-refractivity contribution in [2.24, 2.45) is 0 Å². The minimum Gasteiger partial charge on any atom is -0.384 e. The highest BCUT2D eigenvalue weighted by Crippen LogP contribution is 2.05. The van der Waals surface area contributed by atoms with E-state index in [1.54, 1.807) is 7.11 Å². The fourth-order valence-electron chi connectivity index (χ4n) is 1.90. The summed E-state index contributed by atoms with van der Waals surface area (Å²) in [6.07, 6.45) is 1.88. The summed E-state index contributed by atoms with van der Waals surface area (Å²) in [5, 5.41) is 7.31. The van der Waals surface area contributed by atoms with Crippen LogP contribution in [0.1, 0.15) is 18.1 Å². The number of nitrogens with zero attached hydrogens (tertiary/aromatic N) is 3. The summed E-state index contributed by atoms with van der Waals surface area (Å²) >= 11 is 0. The second kappa shape index (κ2) is 6.68. The first-order valence-corrected chi connectivity index (χ1v) is 6.12. The molecule has 6 heteroatoms. The zero-order valence-corrected chi connectivity index (χ0v) is 10.3. The Morgan fingerprint density at radius 3 is 3.24 bits per heavy atom. The molecule has 1 aliphatic rings. The maximum Gasteiger partial charge on any atom is 0.240 e. The second-order valence-corrected chi connectivity index (χ2v) is 4.23. The molecule has 0 unspecified atom stereocenters. The minimum atomic E-state index is 0.632. The van der Waals surface area contributed by atoms with Crippen LogP contribution in [0.15, 0.2) is 4.52 Å². The summed E-state index contributed by atoms with van der Waals surface area (Å²) in [6, 6.07) is 0. The third-order valence-electron chi connectivity index (χ3n) is 2.83. The van der Waals surface area contributed by atoms with E-state index >= 15 is 0 Å². The van der Waals surface area contributed by atoms with Gasteiger partial charge in [0, 0.05) is 26.6 Å². The molecule has 0 atom stereocenters. The van der Waals surface area contributed by atoms with Crippen molar-refractivity contribution in [1.29, 1.82) is 0 Å². The van der Waals surface area contributed by atoms with E-state index < -0.39 is 0 Å². The first-order chi connectivity index (χ1) is 8.38. The molecule has 0 radical (unpaired) electrons. The third kappa shape index (κ3) is 4.07. The van der Waals surface area contributed by atoms with Crippen molar-refractivity contribution in [2.75, 3.05) is 39.9 Å². The fraction of sp³-hybridized carbons (Fsp3) is 0.818. The van der Waals surface area contributed by atoms with Crippen LogP contribution >= 0.6 is 0 Å². The normalized spacial score (nSPS) is 18.2. The van der Waals surface area contributed by atoms with Crippen LogP contribution in [0.2, 0.25) is 0 Å². The molecule has 2 heterocycles. The molecule has 0 saturated carbocycles. The van der Waals surface area contributed by atoms with Crippen molar-refractivity contribution in [3.63, 3.8) is 0 Å². The van der Waals surface area contributed by atoms with Gasteiger partial charge in [0.1, 0.15) is 0 Å². The van der Waals surface area contributed by atoms with E-state index in [0.29, 0.717) is 18.9 Å². The second-order valence-electron chi connectivity index (χ2n) is 4.23. The summed E-state index contributed by atoms with van der Waals surface area (Å²) in [5.74, 6) is 1.44. The number of ether oxygens (including phenoxy) is 1. The van der Waals surface area contributed by atoms with Crippen molar-refractivity contribution in [3.05, 3.63) is 11.7 Å². The van der Waals surface area contributed by atoms with E-state index in [-0.39, 0.29) is 0 Å². The average Bonchev–Trinajstić information content (AvgIpc) is 2.61. The number of hydrogen-bond acceptors (Lipinski definition) is 6. The molecular weight excluding hydrogens is 220 g/mol. The highest BCUT2D eigenvalue weighted by atomic mass is 16.5. The maximum atomic E-state index is 5.23. The lowest BCUT2D eigenvalue weighted by molar-refractivity contribution is 0.199. The summed E-state index contributed by atoms with van der Waals surface area (Å²) in [5.41, 5.74) is 0. The zero-order chi connectivity index (χ0) is 11.9. The number of hydrogen-bond donors (Lipinski definition) is 1. The SMILES string of the molecule is COCCc1noc(CN2CCCNCC2)n1. The molecule has 0 aromatic carbocycles. The van der Waals surface area contributed by atoms with Crippen LogP contribution in [0.4, 0.5) is 0 Å². The van der Waals surface area contributed by atoms with Crippen molar-refractivity contribution in [2.45, 2.75) is 19.4 Å². The quantitative estimate of drug-likeness (QED) is 0.785. The smallest absolute Gasteiger partial charge is 0.240 e. The predicted molar refractivity (Wildman–Crippen MR) is 62.6 cm³/mol. The van der Waals surface area contributed by atoms with Crippen LogP contribution in [0.3, 0.4) is 0 Å². The summed E-state index contributed by atoms with van der Waals surface area (Å²) in [4.78, 5) is 6.69. The van der Waals surface area contributed by atoms with E-state index in [9.17, 15) is 0 Å². The van der Waals surface area contributed by atoms with E-state index in [4.69, 9.17) is 9.26 Å². The zero-order valence-electron chi connectivity index (χ0n) is 10.3. The Balaban J connectivity index is 1.82. The Hall–Kier alpha value is -0.980. The van der Waals surface area contributed by atoms with E-state index in [1.165, 1.54) is 6.42 Å². The van der Waals surface area contributed by atoms with Gasteiger partial charge in [-0.05, 0) is 19.5 Å². The molecule has 0 spiro atoms. The van der Waals surface area contributed by atoms with Crippen molar-refractivity contribution in [3.8, 4) is 0 Å². The molecule has 17 heavy (non-hydrogen) atoms.